The summed E-state index contributed by atoms with van der Waals surface area (Å²) in [5.74, 6) is 0.625. The van der Waals surface area contributed by atoms with Gasteiger partial charge in [0.25, 0.3) is 0 Å². The van der Waals surface area contributed by atoms with E-state index in [1.165, 1.54) is 0 Å². The van der Waals surface area contributed by atoms with E-state index in [9.17, 15) is 13.2 Å². The third-order valence-electron chi connectivity index (χ3n) is 4.18. The summed E-state index contributed by atoms with van der Waals surface area (Å²) in [7, 11) is 0. The van der Waals surface area contributed by atoms with E-state index in [0.29, 0.717) is 37.0 Å². The van der Waals surface area contributed by atoms with Gasteiger partial charge in [-0.2, -0.15) is 13.2 Å². The van der Waals surface area contributed by atoms with Gasteiger partial charge in [0.2, 0.25) is 0 Å². The molecule has 0 saturated carbocycles. The molecule has 29 heavy (non-hydrogen) atoms. The fourth-order valence-electron chi connectivity index (χ4n) is 2.79. The Balaban J connectivity index is 1.52. The second-order valence-corrected chi connectivity index (χ2v) is 7.41. The van der Waals surface area contributed by atoms with Crippen molar-refractivity contribution in [3.8, 4) is 0 Å². The predicted molar refractivity (Wildman–Crippen MR) is 108 cm³/mol. The number of thiazole rings is 1. The summed E-state index contributed by atoms with van der Waals surface area (Å²) in [5.41, 5.74) is 2.21. The van der Waals surface area contributed by atoms with Crippen molar-refractivity contribution in [2.75, 3.05) is 19.6 Å². The number of guanidine groups is 1. The summed E-state index contributed by atoms with van der Waals surface area (Å²) < 4.78 is 39.8. The van der Waals surface area contributed by atoms with Gasteiger partial charge in [0, 0.05) is 50.2 Å². The minimum Gasteiger partial charge on any atom is -0.357 e. The van der Waals surface area contributed by atoms with Crippen LogP contribution in [0.1, 0.15) is 28.9 Å². The standard InChI is InChI=1S/C19H23F3N6S/c1-3-23-18(25-9-7-16-27-15(12-29-16)19(20,21)22)24-8-6-14-11-28-10-4-5-13(2)17(28)26-14/h4-5,10-12H,3,6-9H2,1-2H3,(H2,23,24,25). The van der Waals surface area contributed by atoms with Gasteiger partial charge in [-0.3, -0.25) is 4.99 Å². The number of rotatable bonds is 7. The summed E-state index contributed by atoms with van der Waals surface area (Å²) in [6.45, 7) is 5.67. The normalized spacial score (nSPS) is 12.5. The maximum atomic E-state index is 12.6. The van der Waals surface area contributed by atoms with E-state index in [1.54, 1.807) is 0 Å². The second-order valence-electron chi connectivity index (χ2n) is 6.47. The molecule has 3 heterocycles. The molecular formula is C19H23F3N6S. The van der Waals surface area contributed by atoms with E-state index in [0.717, 1.165) is 40.0 Å². The minimum atomic E-state index is -4.40. The highest BCUT2D eigenvalue weighted by molar-refractivity contribution is 7.09. The van der Waals surface area contributed by atoms with Crippen molar-refractivity contribution in [2.45, 2.75) is 32.9 Å². The van der Waals surface area contributed by atoms with Gasteiger partial charge in [-0.1, -0.05) is 6.07 Å². The molecule has 10 heteroatoms. The first kappa shape index (κ1) is 21.1. The van der Waals surface area contributed by atoms with Crippen LogP contribution in [0.4, 0.5) is 13.2 Å². The monoisotopic (exact) mass is 424 g/mol. The summed E-state index contributed by atoms with van der Waals surface area (Å²) in [5, 5.41) is 7.84. The number of halogens is 3. The van der Waals surface area contributed by atoms with Crippen LogP contribution in [0.2, 0.25) is 0 Å². The van der Waals surface area contributed by atoms with Crippen LogP contribution < -0.4 is 10.6 Å². The molecule has 0 aliphatic carbocycles. The third kappa shape index (κ3) is 5.69. The first-order chi connectivity index (χ1) is 13.9. The fourth-order valence-corrected chi connectivity index (χ4v) is 3.59. The Morgan fingerprint density at radius 1 is 1.24 bits per heavy atom. The molecule has 0 unspecified atom stereocenters. The van der Waals surface area contributed by atoms with Crippen LogP contribution in [0.5, 0.6) is 0 Å². The number of pyridine rings is 1. The average Bonchev–Trinajstić information content (AvgIpc) is 3.29. The largest absolute Gasteiger partial charge is 0.434 e. The molecule has 2 N–H and O–H groups in total. The van der Waals surface area contributed by atoms with Crippen LogP contribution in [0.3, 0.4) is 0 Å². The van der Waals surface area contributed by atoms with Gasteiger partial charge >= 0.3 is 6.18 Å². The van der Waals surface area contributed by atoms with Crippen molar-refractivity contribution >= 4 is 22.9 Å². The van der Waals surface area contributed by atoms with Crippen molar-refractivity contribution < 1.29 is 13.2 Å². The van der Waals surface area contributed by atoms with Gasteiger partial charge in [-0.05, 0) is 25.5 Å². The highest BCUT2D eigenvalue weighted by atomic mass is 32.1. The number of nitrogens with zero attached hydrogens (tertiary/aromatic N) is 4. The van der Waals surface area contributed by atoms with Gasteiger partial charge in [0.1, 0.15) is 5.65 Å². The fraction of sp³-hybridized carbons (Fsp3) is 0.421. The summed E-state index contributed by atoms with van der Waals surface area (Å²) in [6.07, 6.45) is 0.677. The van der Waals surface area contributed by atoms with E-state index < -0.39 is 11.9 Å². The molecule has 0 atom stereocenters. The topological polar surface area (TPSA) is 66.6 Å². The molecule has 0 spiro atoms. The molecule has 6 nitrogen and oxygen atoms in total. The molecule has 3 rings (SSSR count). The van der Waals surface area contributed by atoms with Crippen molar-refractivity contribution in [3.63, 3.8) is 0 Å². The van der Waals surface area contributed by atoms with Crippen LogP contribution in [-0.4, -0.2) is 40.0 Å². The van der Waals surface area contributed by atoms with E-state index in [1.807, 2.05) is 42.8 Å². The average molecular weight is 424 g/mol. The molecule has 3 aromatic heterocycles. The molecule has 3 aromatic rings. The molecule has 0 fully saturated rings. The lowest BCUT2D eigenvalue weighted by molar-refractivity contribution is -0.140. The molecule has 0 radical (unpaired) electrons. The molecule has 0 aliphatic rings. The number of aliphatic imine (C=N–C) groups is 1. The van der Waals surface area contributed by atoms with Crippen LogP contribution >= 0.6 is 11.3 Å². The number of hydrogen-bond acceptors (Lipinski definition) is 4. The zero-order chi connectivity index (χ0) is 20.9. The smallest absolute Gasteiger partial charge is 0.357 e. The molecule has 0 aliphatic heterocycles. The Kier molecular flexibility index (Phi) is 6.73. The number of imidazole rings is 1. The van der Waals surface area contributed by atoms with Crippen molar-refractivity contribution in [2.24, 2.45) is 4.99 Å². The highest BCUT2D eigenvalue weighted by Gasteiger charge is 2.33. The maximum absolute atomic E-state index is 12.6. The van der Waals surface area contributed by atoms with E-state index >= 15 is 0 Å². The third-order valence-corrected chi connectivity index (χ3v) is 5.09. The number of aromatic nitrogens is 3. The molecule has 156 valence electrons. The van der Waals surface area contributed by atoms with Crippen LogP contribution in [0, 0.1) is 6.92 Å². The van der Waals surface area contributed by atoms with Gasteiger partial charge in [0.15, 0.2) is 11.7 Å². The van der Waals surface area contributed by atoms with E-state index in [2.05, 4.69) is 25.6 Å². The van der Waals surface area contributed by atoms with Crippen LogP contribution in [0.15, 0.2) is 34.9 Å². The molecule has 0 bridgehead atoms. The van der Waals surface area contributed by atoms with Crippen molar-refractivity contribution in [1.82, 2.24) is 25.0 Å². The Bertz CT molecular complexity index is 976. The Labute approximate surface area is 170 Å². The van der Waals surface area contributed by atoms with Crippen molar-refractivity contribution in [1.29, 1.82) is 0 Å². The summed E-state index contributed by atoms with van der Waals surface area (Å²) in [6, 6.07) is 4.02. The van der Waals surface area contributed by atoms with Crippen LogP contribution in [-0.2, 0) is 19.0 Å². The van der Waals surface area contributed by atoms with Gasteiger partial charge < -0.3 is 15.0 Å². The molecular weight excluding hydrogens is 401 g/mol. The molecule has 0 aromatic carbocycles. The van der Waals surface area contributed by atoms with Crippen LogP contribution in [0.25, 0.3) is 5.65 Å². The lowest BCUT2D eigenvalue weighted by Crippen LogP contribution is -2.38. The number of alkyl halides is 3. The van der Waals surface area contributed by atoms with Gasteiger partial charge in [0.05, 0.1) is 10.7 Å². The number of hydrogen-bond donors (Lipinski definition) is 2. The summed E-state index contributed by atoms with van der Waals surface area (Å²) in [4.78, 5) is 12.7. The molecule has 0 saturated heterocycles. The SMILES string of the molecule is CCNC(=NCCc1nc(C(F)(F)F)cs1)NCCc1cn2cccc(C)c2n1. The highest BCUT2D eigenvalue weighted by Crippen LogP contribution is 2.30. The Hall–Kier alpha value is -2.62. The summed E-state index contributed by atoms with van der Waals surface area (Å²) >= 11 is 1.01. The second kappa shape index (κ2) is 9.25. The Morgan fingerprint density at radius 3 is 2.76 bits per heavy atom. The zero-order valence-electron chi connectivity index (χ0n) is 16.3. The number of aryl methyl sites for hydroxylation is 1. The lowest BCUT2D eigenvalue weighted by atomic mass is 10.3. The molecule has 0 amide bonds. The Morgan fingerprint density at radius 2 is 2.07 bits per heavy atom. The zero-order valence-corrected chi connectivity index (χ0v) is 17.1. The lowest BCUT2D eigenvalue weighted by Gasteiger charge is -2.10. The maximum Gasteiger partial charge on any atom is 0.434 e. The van der Waals surface area contributed by atoms with Gasteiger partial charge in [-0.25, -0.2) is 9.97 Å². The number of fused-ring (bicyclic) bond motifs is 1. The first-order valence-electron chi connectivity index (χ1n) is 9.34. The minimum absolute atomic E-state index is 0.355. The number of nitrogens with one attached hydrogen (secondary N) is 2. The first-order valence-corrected chi connectivity index (χ1v) is 10.2. The quantitative estimate of drug-likeness (QED) is 0.450. The predicted octanol–water partition coefficient (Wildman–Crippen LogP) is 3.46. The van der Waals surface area contributed by atoms with Crippen molar-refractivity contribution in [3.05, 3.63) is 51.9 Å². The van der Waals surface area contributed by atoms with E-state index in [4.69, 9.17) is 0 Å². The van der Waals surface area contributed by atoms with Gasteiger partial charge in [-0.15, -0.1) is 11.3 Å². The van der Waals surface area contributed by atoms with E-state index in [-0.39, 0.29) is 0 Å².